The van der Waals surface area contributed by atoms with Crippen LogP contribution in [0.5, 0.6) is 5.75 Å². The Bertz CT molecular complexity index is 1350. The number of anilines is 1. The first-order valence-corrected chi connectivity index (χ1v) is 10.6. The number of carbonyl (C=O) groups excluding carboxylic acids is 2. The number of esters is 1. The third-order valence-electron chi connectivity index (χ3n) is 4.05. The molecule has 1 aromatic heterocycles. The Kier molecular flexibility index (Phi) is 9.80. The van der Waals surface area contributed by atoms with Gasteiger partial charge in [0.05, 0.1) is 13.7 Å². The van der Waals surface area contributed by atoms with Crippen molar-refractivity contribution in [3.05, 3.63) is 55.6 Å². The maximum atomic E-state index is 12.6. The van der Waals surface area contributed by atoms with Gasteiger partial charge in [0.25, 0.3) is 17.9 Å². The highest BCUT2D eigenvalue weighted by Crippen LogP contribution is 2.17. The molecule has 9 nitrogen and oxygen atoms in total. The first kappa shape index (κ1) is 26.1. The number of amides is 1. The second kappa shape index (κ2) is 12.8. The monoisotopic (exact) mass is 490 g/mol. The lowest BCUT2D eigenvalue weighted by Gasteiger charge is -2.06. The molecule has 1 amide bonds. The van der Waals surface area contributed by atoms with Gasteiger partial charge in [0.15, 0.2) is 12.2 Å². The van der Waals surface area contributed by atoms with E-state index < -0.39 is 36.0 Å². The van der Waals surface area contributed by atoms with Gasteiger partial charge in [-0.2, -0.15) is 5.26 Å². The zero-order valence-electron chi connectivity index (χ0n) is 18.2. The van der Waals surface area contributed by atoms with Crippen molar-refractivity contribution in [3.63, 3.8) is 0 Å². The molecule has 0 bridgehead atoms. The molecule has 2 rings (SSSR count). The molecule has 0 aliphatic rings. The van der Waals surface area contributed by atoms with E-state index in [2.05, 4.69) is 21.5 Å². The highest BCUT2D eigenvalue weighted by atomic mass is 32.1. The Morgan fingerprint density at radius 2 is 2.12 bits per heavy atom. The first-order chi connectivity index (χ1) is 16.3. The lowest BCUT2D eigenvalue weighted by atomic mass is 10.3. The third kappa shape index (κ3) is 7.46. The van der Waals surface area contributed by atoms with E-state index >= 15 is 0 Å². The number of benzene rings is 1. The molecule has 0 atom stereocenters. The van der Waals surface area contributed by atoms with Crippen LogP contribution in [0.3, 0.4) is 0 Å². The van der Waals surface area contributed by atoms with Crippen molar-refractivity contribution in [3.8, 4) is 11.8 Å². The summed E-state index contributed by atoms with van der Waals surface area (Å²) < 4.78 is 36.0. The van der Waals surface area contributed by atoms with Gasteiger partial charge in [-0.05, 0) is 19.1 Å². The number of alkyl halides is 2. The molecule has 0 unspecified atom stereocenters. The number of rotatable bonds is 9. The van der Waals surface area contributed by atoms with Crippen LogP contribution in [0, 0.1) is 11.3 Å². The Morgan fingerprint density at radius 3 is 2.76 bits per heavy atom. The zero-order chi connectivity index (χ0) is 25.1. The average molecular weight is 490 g/mol. The van der Waals surface area contributed by atoms with Crippen LogP contribution in [0.1, 0.15) is 6.92 Å². The van der Waals surface area contributed by atoms with Gasteiger partial charge in [-0.1, -0.05) is 28.9 Å². The SMILES string of the molecule is CCn1c(=C=C(C#N)C(=O)NCC(F)F)sc(=C=CNc2cccc(OCC(=O)OC)c2)c1=O. The van der Waals surface area contributed by atoms with E-state index in [0.29, 0.717) is 11.4 Å². The second-order valence-electron chi connectivity index (χ2n) is 6.32. The summed E-state index contributed by atoms with van der Waals surface area (Å²) in [5.41, 5.74) is 4.97. The lowest BCUT2D eigenvalue weighted by molar-refractivity contribution is -0.142. The fourth-order valence-electron chi connectivity index (χ4n) is 2.44. The largest absolute Gasteiger partial charge is 0.482 e. The minimum Gasteiger partial charge on any atom is -0.482 e. The number of nitrogens with one attached hydrogen (secondary N) is 2. The normalized spacial score (nSPS) is 9.88. The molecule has 0 aliphatic heterocycles. The number of methoxy groups -OCH3 is 1. The summed E-state index contributed by atoms with van der Waals surface area (Å²) in [5.74, 6) is -1.11. The Balaban J connectivity index is 2.37. The molecule has 2 N–H and O–H groups in total. The number of aromatic nitrogens is 1. The van der Waals surface area contributed by atoms with Gasteiger partial charge >= 0.3 is 5.97 Å². The summed E-state index contributed by atoms with van der Waals surface area (Å²) in [6.07, 6.45) is -1.38. The summed E-state index contributed by atoms with van der Waals surface area (Å²) in [4.78, 5) is 35.7. The van der Waals surface area contributed by atoms with Gasteiger partial charge < -0.3 is 20.1 Å². The number of halogens is 2. The maximum Gasteiger partial charge on any atom is 0.343 e. The molecule has 0 spiro atoms. The number of nitriles is 1. The number of nitrogens with zero attached hydrogens (tertiary/aromatic N) is 2. The van der Waals surface area contributed by atoms with Crippen LogP contribution < -0.4 is 30.1 Å². The zero-order valence-corrected chi connectivity index (χ0v) is 19.0. The van der Waals surface area contributed by atoms with E-state index in [9.17, 15) is 28.4 Å². The van der Waals surface area contributed by atoms with Crippen molar-refractivity contribution in [2.45, 2.75) is 19.9 Å². The van der Waals surface area contributed by atoms with Crippen molar-refractivity contribution in [1.29, 1.82) is 5.26 Å². The van der Waals surface area contributed by atoms with Crippen LogP contribution in [0.25, 0.3) is 11.5 Å². The fraction of sp³-hybridized carbons (Fsp3) is 0.273. The smallest absolute Gasteiger partial charge is 0.343 e. The van der Waals surface area contributed by atoms with Crippen LogP contribution in [-0.4, -0.2) is 43.1 Å². The minimum absolute atomic E-state index is 0.167. The highest BCUT2D eigenvalue weighted by molar-refractivity contribution is 7.07. The van der Waals surface area contributed by atoms with E-state index in [-0.39, 0.29) is 22.3 Å². The second-order valence-corrected chi connectivity index (χ2v) is 7.32. The predicted octanol–water partition coefficient (Wildman–Crippen LogP) is 0.697. The van der Waals surface area contributed by atoms with Gasteiger partial charge in [-0.3, -0.25) is 14.2 Å². The average Bonchev–Trinajstić information content (AvgIpc) is 3.13. The molecule has 0 radical (unpaired) electrons. The molecule has 1 heterocycles. The Morgan fingerprint density at radius 1 is 1.35 bits per heavy atom. The highest BCUT2D eigenvalue weighted by Gasteiger charge is 2.12. The number of carbonyl (C=O) groups is 2. The van der Waals surface area contributed by atoms with Crippen LogP contribution in [0.15, 0.2) is 40.8 Å². The standard InChI is InChI=1S/C22H20F2N4O5S/c1-3-28-19(9-14(11-25)21(30)27-12-18(23)24)34-17(22(28)31)7-8-26-15-5-4-6-16(10-15)33-13-20(29)32-2/h4-6,8,10,18,26H,3,12-13H2,1-2H3,(H,27,30). The third-order valence-corrected chi connectivity index (χ3v) is 5.06. The van der Waals surface area contributed by atoms with E-state index in [0.717, 1.165) is 11.3 Å². The summed E-state index contributed by atoms with van der Waals surface area (Å²) in [6, 6.07) is 8.30. The molecule has 1 aromatic carbocycles. The minimum atomic E-state index is -2.77. The van der Waals surface area contributed by atoms with Crippen LogP contribution in [0.4, 0.5) is 14.5 Å². The van der Waals surface area contributed by atoms with Crippen LogP contribution in [-0.2, 0) is 20.9 Å². The number of ether oxygens (including phenoxy) is 2. The molecule has 12 heteroatoms. The summed E-state index contributed by atoms with van der Waals surface area (Å²) in [5, 5.41) is 14.0. The molecule has 0 fully saturated rings. The van der Waals surface area contributed by atoms with E-state index in [1.165, 1.54) is 17.9 Å². The van der Waals surface area contributed by atoms with Gasteiger partial charge in [-0.25, -0.2) is 13.6 Å². The first-order valence-electron chi connectivity index (χ1n) is 9.77. The van der Waals surface area contributed by atoms with Crippen molar-refractivity contribution in [1.82, 2.24) is 9.88 Å². The number of hydrogen-bond donors (Lipinski definition) is 2. The van der Waals surface area contributed by atoms with Gasteiger partial charge in [0.1, 0.15) is 21.0 Å². The summed E-state index contributed by atoms with van der Waals surface area (Å²) >= 11 is 0.929. The molecule has 0 saturated carbocycles. The molecular formula is C22H20F2N4O5S. The molecule has 0 saturated heterocycles. The van der Waals surface area contributed by atoms with Gasteiger partial charge in [0, 0.05) is 24.5 Å². The molecule has 0 aliphatic carbocycles. The van der Waals surface area contributed by atoms with Crippen molar-refractivity contribution >= 4 is 40.4 Å². The van der Waals surface area contributed by atoms with Crippen molar-refractivity contribution in [2.24, 2.45) is 0 Å². The fourth-order valence-corrected chi connectivity index (χ4v) is 3.43. The molecule has 178 valence electrons. The van der Waals surface area contributed by atoms with Crippen LogP contribution >= 0.6 is 11.3 Å². The van der Waals surface area contributed by atoms with E-state index in [1.807, 2.05) is 5.32 Å². The van der Waals surface area contributed by atoms with E-state index in [4.69, 9.17) is 4.74 Å². The lowest BCUT2D eigenvalue weighted by Crippen LogP contribution is -2.31. The Labute approximate surface area is 196 Å². The Hall–Kier alpha value is -4.16. The molecular weight excluding hydrogens is 470 g/mol. The number of hydrogen-bond acceptors (Lipinski definition) is 8. The number of thiazole rings is 1. The van der Waals surface area contributed by atoms with Crippen molar-refractivity contribution < 1.29 is 27.8 Å². The quantitative estimate of drug-likeness (QED) is 0.301. The molecule has 2 aromatic rings. The van der Waals surface area contributed by atoms with E-state index in [1.54, 1.807) is 37.3 Å². The summed E-state index contributed by atoms with van der Waals surface area (Å²) in [6.45, 7) is 0.766. The summed E-state index contributed by atoms with van der Waals surface area (Å²) in [7, 11) is 1.25. The maximum absolute atomic E-state index is 12.6. The predicted molar refractivity (Wildman–Crippen MR) is 121 cm³/mol. The van der Waals surface area contributed by atoms with Crippen molar-refractivity contribution in [2.75, 3.05) is 25.6 Å². The van der Waals surface area contributed by atoms with Gasteiger partial charge in [-0.15, -0.1) is 0 Å². The topological polar surface area (TPSA) is 122 Å². The van der Waals surface area contributed by atoms with Crippen LogP contribution in [0.2, 0.25) is 0 Å². The van der Waals surface area contributed by atoms with Gasteiger partial charge in [0.2, 0.25) is 0 Å². The molecule has 34 heavy (non-hydrogen) atoms.